The van der Waals surface area contributed by atoms with Gasteiger partial charge in [0.15, 0.2) is 0 Å². The molecule has 2 N–H and O–H groups in total. The number of hydrogen-bond acceptors (Lipinski definition) is 4. The number of anilines is 1. The minimum absolute atomic E-state index is 0.0973. The fourth-order valence-corrected chi connectivity index (χ4v) is 5.14. The number of carbonyl (C=O) groups excluding carboxylic acids is 1. The maximum absolute atomic E-state index is 12.5. The predicted molar refractivity (Wildman–Crippen MR) is 120 cm³/mol. The Hall–Kier alpha value is -1.85. The lowest BCUT2D eigenvalue weighted by atomic mass is 10.0. The summed E-state index contributed by atoms with van der Waals surface area (Å²) in [5.41, 5.74) is 1.53. The number of unbranched alkanes of at least 4 members (excludes halogenated alkanes) is 5. The van der Waals surface area contributed by atoms with Gasteiger partial charge in [0.2, 0.25) is 0 Å². The van der Waals surface area contributed by atoms with Crippen LogP contribution in [0.4, 0.5) is 18.9 Å². The van der Waals surface area contributed by atoms with Crippen LogP contribution < -0.4 is 9.44 Å². The van der Waals surface area contributed by atoms with E-state index in [0.717, 1.165) is 18.4 Å². The van der Waals surface area contributed by atoms with Crippen molar-refractivity contribution >= 4 is 21.9 Å². The lowest BCUT2D eigenvalue weighted by Gasteiger charge is -2.37. The third kappa shape index (κ3) is 9.89. The smallest absolute Gasteiger partial charge is 0.271 e. The predicted octanol–water partition coefficient (Wildman–Crippen LogP) is 4.47. The van der Waals surface area contributed by atoms with E-state index >= 15 is 0 Å². The number of nitrogens with zero attached hydrogens (tertiary/aromatic N) is 1. The number of likely N-dealkylation sites (tertiary alicyclic amines) is 1. The van der Waals surface area contributed by atoms with Crippen molar-refractivity contribution in [3.05, 3.63) is 29.8 Å². The molecule has 33 heavy (non-hydrogen) atoms. The summed E-state index contributed by atoms with van der Waals surface area (Å²) in [6.45, 7) is 2.26. The average Bonchev–Trinajstić information content (AvgIpc) is 2.70. The van der Waals surface area contributed by atoms with Crippen molar-refractivity contribution in [2.75, 3.05) is 24.9 Å². The van der Waals surface area contributed by atoms with Crippen LogP contribution in [0, 0.1) is 0 Å². The molecule has 1 aliphatic heterocycles. The van der Waals surface area contributed by atoms with Crippen LogP contribution in [0.3, 0.4) is 0 Å². The summed E-state index contributed by atoms with van der Waals surface area (Å²) < 4.78 is 66.9. The molecular weight excluding hydrogens is 459 g/mol. The molecular formula is C22H35F3N3O4S+. The summed E-state index contributed by atoms with van der Waals surface area (Å²) in [4.78, 5) is 15.8. The van der Waals surface area contributed by atoms with Crippen LogP contribution in [0.25, 0.3) is 0 Å². The van der Waals surface area contributed by atoms with Gasteiger partial charge in [-0.25, -0.2) is 4.79 Å². The molecule has 0 bridgehead atoms. The van der Waals surface area contributed by atoms with Crippen LogP contribution in [0.2, 0.25) is 0 Å². The molecule has 2 atom stereocenters. The first-order valence-corrected chi connectivity index (χ1v) is 12.9. The van der Waals surface area contributed by atoms with E-state index in [4.69, 9.17) is 0 Å². The Morgan fingerprint density at radius 3 is 2.39 bits per heavy atom. The molecule has 0 saturated carbocycles. The van der Waals surface area contributed by atoms with E-state index in [2.05, 4.69) is 21.2 Å². The summed E-state index contributed by atoms with van der Waals surface area (Å²) in [6, 6.07) is 6.48. The van der Waals surface area contributed by atoms with Gasteiger partial charge in [-0.05, 0) is 37.0 Å². The highest BCUT2D eigenvalue weighted by Crippen LogP contribution is 2.24. The highest BCUT2D eigenvalue weighted by atomic mass is 32.2. The molecule has 1 heterocycles. The Morgan fingerprint density at radius 2 is 1.76 bits per heavy atom. The van der Waals surface area contributed by atoms with E-state index in [-0.39, 0.29) is 13.1 Å². The largest absolute Gasteiger partial charge is 0.497 e. The maximum atomic E-state index is 12.5. The summed E-state index contributed by atoms with van der Waals surface area (Å²) >= 11 is 0. The topological polar surface area (TPSA) is 84.5 Å². The number of aryl methyl sites for hydroxylation is 1. The molecule has 0 radical (unpaired) electrons. The molecule has 7 nitrogen and oxygen atoms in total. The Labute approximate surface area is 194 Å². The first-order chi connectivity index (χ1) is 15.4. The van der Waals surface area contributed by atoms with Gasteiger partial charge in [-0.3, -0.25) is 9.56 Å². The second-order valence-electron chi connectivity index (χ2n) is 8.86. The minimum Gasteiger partial charge on any atom is -0.271 e. The van der Waals surface area contributed by atoms with Crippen molar-refractivity contribution in [3.8, 4) is 0 Å². The van der Waals surface area contributed by atoms with Crippen molar-refractivity contribution in [1.82, 2.24) is 4.72 Å². The monoisotopic (exact) mass is 494 g/mol. The number of likely N-dealkylation sites (N-methyl/N-ethyl adjacent to an activating group) is 1. The average molecular weight is 495 g/mol. The first kappa shape index (κ1) is 27.4. The normalized spacial score (nSPS) is 21.5. The molecule has 1 aliphatic rings. The van der Waals surface area contributed by atoms with E-state index < -0.39 is 33.0 Å². The molecule has 2 unspecified atom stereocenters. The zero-order chi connectivity index (χ0) is 24.5. The van der Waals surface area contributed by atoms with Crippen molar-refractivity contribution in [3.63, 3.8) is 0 Å². The van der Waals surface area contributed by atoms with Gasteiger partial charge in [0.25, 0.3) is 10.2 Å². The number of hydroxylamine groups is 3. The van der Waals surface area contributed by atoms with Gasteiger partial charge in [0, 0.05) is 12.1 Å². The van der Waals surface area contributed by atoms with Crippen LogP contribution in [0.5, 0.6) is 0 Å². The zero-order valence-corrected chi connectivity index (χ0v) is 20.1. The molecule has 0 aromatic heterocycles. The fraction of sp³-hybridized carbons (Fsp3) is 0.682. The van der Waals surface area contributed by atoms with Crippen molar-refractivity contribution in [2.45, 2.75) is 76.9 Å². The Balaban J connectivity index is 1.84. The zero-order valence-electron chi connectivity index (χ0n) is 19.3. The molecule has 188 valence electrons. The first-order valence-electron chi connectivity index (χ1n) is 11.5. The number of halogens is 3. The lowest BCUT2D eigenvalue weighted by Crippen LogP contribution is -2.59. The van der Waals surface area contributed by atoms with Gasteiger partial charge in [-0.1, -0.05) is 51.2 Å². The summed E-state index contributed by atoms with van der Waals surface area (Å²) in [6.07, 6.45) is 3.90. The van der Waals surface area contributed by atoms with Gasteiger partial charge >= 0.3 is 12.1 Å². The number of quaternary nitrogens is 1. The molecule has 1 saturated heterocycles. The van der Waals surface area contributed by atoms with Crippen molar-refractivity contribution in [1.29, 1.82) is 0 Å². The van der Waals surface area contributed by atoms with Crippen LogP contribution in [0.1, 0.15) is 63.9 Å². The third-order valence-corrected chi connectivity index (χ3v) is 6.82. The number of rotatable bonds is 12. The fourth-order valence-electron chi connectivity index (χ4n) is 4.00. The van der Waals surface area contributed by atoms with Crippen molar-refractivity contribution < 1.29 is 35.9 Å². The van der Waals surface area contributed by atoms with Gasteiger partial charge in [-0.2, -0.15) is 26.3 Å². The number of nitrogens with one attached hydrogen (secondary N) is 2. The minimum atomic E-state index is -5.10. The summed E-state index contributed by atoms with van der Waals surface area (Å²) in [5, 5.41) is 0. The summed E-state index contributed by atoms with van der Waals surface area (Å²) in [5.74, 6) is -2.28. The molecule has 1 fully saturated rings. The van der Waals surface area contributed by atoms with E-state index in [1.54, 1.807) is 12.1 Å². The quantitative estimate of drug-likeness (QED) is 0.332. The maximum Gasteiger partial charge on any atom is 0.497 e. The summed E-state index contributed by atoms with van der Waals surface area (Å²) in [7, 11) is -2.62. The van der Waals surface area contributed by atoms with E-state index in [9.17, 15) is 26.4 Å². The van der Waals surface area contributed by atoms with Crippen molar-refractivity contribution in [2.24, 2.45) is 0 Å². The second-order valence-corrected chi connectivity index (χ2v) is 10.3. The number of piperidine rings is 1. The third-order valence-electron chi connectivity index (χ3n) is 5.67. The van der Waals surface area contributed by atoms with Crippen LogP contribution >= 0.6 is 0 Å². The number of hydrogen-bond donors (Lipinski definition) is 2. The van der Waals surface area contributed by atoms with Gasteiger partial charge < -0.3 is 0 Å². The Morgan fingerprint density at radius 1 is 1.12 bits per heavy atom. The van der Waals surface area contributed by atoms with E-state index in [0.29, 0.717) is 18.5 Å². The van der Waals surface area contributed by atoms with E-state index in [1.807, 2.05) is 12.1 Å². The highest BCUT2D eigenvalue weighted by molar-refractivity contribution is 7.90. The number of carbonyl (C=O) groups is 1. The number of alkyl halides is 3. The molecule has 2 rings (SSSR count). The van der Waals surface area contributed by atoms with Crippen LogP contribution in [-0.4, -0.2) is 51.4 Å². The standard InChI is InChI=1S/C22H35F3N3O4S/c1-3-4-5-6-7-8-10-18-12-14-19(15-13-18)26-33(30,31)27-20-11-9-16-28(2,17-20)32-21(29)22(23,24)25/h12-15,20,26-27H,3-11,16-17H2,1-2H3/q+1. The highest BCUT2D eigenvalue weighted by Gasteiger charge is 2.48. The van der Waals surface area contributed by atoms with Gasteiger partial charge in [0.1, 0.15) is 20.1 Å². The van der Waals surface area contributed by atoms with E-state index in [1.165, 1.54) is 39.2 Å². The molecule has 11 heteroatoms. The van der Waals surface area contributed by atoms with Crippen LogP contribution in [0.15, 0.2) is 24.3 Å². The Bertz CT molecular complexity index is 863. The number of benzene rings is 1. The molecule has 0 aliphatic carbocycles. The van der Waals surface area contributed by atoms with Gasteiger partial charge in [0.05, 0.1) is 6.04 Å². The molecule has 0 spiro atoms. The van der Waals surface area contributed by atoms with Crippen LogP contribution in [-0.2, 0) is 26.3 Å². The molecule has 0 amide bonds. The lowest BCUT2D eigenvalue weighted by molar-refractivity contribution is -1.08. The SMILES string of the molecule is CCCCCCCCc1ccc(NS(=O)(=O)NC2CCC[N+](C)(OC(=O)C(F)(F)F)C2)cc1. The molecule has 1 aromatic carbocycles. The second kappa shape index (κ2) is 12.0. The Kier molecular flexibility index (Phi) is 9.99. The molecule has 1 aromatic rings. The van der Waals surface area contributed by atoms with Gasteiger partial charge in [-0.15, -0.1) is 4.65 Å².